The lowest BCUT2D eigenvalue weighted by atomic mass is 10.2. The van der Waals surface area contributed by atoms with E-state index in [1.165, 1.54) is 18.0 Å². The van der Waals surface area contributed by atoms with Crippen molar-refractivity contribution in [3.63, 3.8) is 0 Å². The lowest BCUT2D eigenvalue weighted by molar-refractivity contribution is 0.815. The van der Waals surface area contributed by atoms with Crippen LogP contribution < -0.4 is 5.56 Å². The van der Waals surface area contributed by atoms with Gasteiger partial charge in [0.05, 0.1) is 11.9 Å². The highest BCUT2D eigenvalue weighted by Gasteiger charge is 2.15. The fourth-order valence-electron chi connectivity index (χ4n) is 2.69. The molecule has 0 spiro atoms. The number of aryl methyl sites for hydroxylation is 1. The highest BCUT2D eigenvalue weighted by atomic mass is 79.9. The maximum atomic E-state index is 13.1. The van der Waals surface area contributed by atoms with Crippen LogP contribution >= 0.6 is 39.3 Å². The molecule has 136 valence electrons. The number of benzene rings is 2. The number of aromatic nitrogens is 4. The number of rotatable bonds is 4. The van der Waals surface area contributed by atoms with Gasteiger partial charge in [0.25, 0.3) is 5.56 Å². The summed E-state index contributed by atoms with van der Waals surface area (Å²) in [6.07, 6.45) is 1.50. The highest BCUT2D eigenvalue weighted by Crippen LogP contribution is 2.27. The second-order valence-electron chi connectivity index (χ2n) is 6.02. The quantitative estimate of drug-likeness (QED) is 0.338. The number of nitrogens with zero attached hydrogens (tertiary/aromatic N) is 3. The maximum Gasteiger partial charge on any atom is 0.269 e. The first-order valence-electron chi connectivity index (χ1n) is 8.13. The van der Waals surface area contributed by atoms with Crippen molar-refractivity contribution < 1.29 is 0 Å². The standard InChI is InChI=1S/C19H14BrClN4OS/c1-11-5-6-14(8-16(11)21)25-18(26)15-9-22-24-17(15)23-19(25)27-10-12-3-2-4-13(20)7-12/h2-9H,10H2,1H3,(H,22,24). The van der Waals surface area contributed by atoms with Gasteiger partial charge >= 0.3 is 0 Å². The molecular weight excluding hydrogens is 448 g/mol. The Hall–Kier alpha value is -2.09. The normalized spacial score (nSPS) is 11.2. The van der Waals surface area contributed by atoms with E-state index in [1.54, 1.807) is 10.6 Å². The number of H-pyrrole nitrogens is 1. The third-order valence-electron chi connectivity index (χ3n) is 4.12. The van der Waals surface area contributed by atoms with Gasteiger partial charge in [-0.3, -0.25) is 14.5 Å². The molecule has 0 saturated heterocycles. The minimum absolute atomic E-state index is 0.176. The van der Waals surface area contributed by atoms with Crippen molar-refractivity contribution in [2.45, 2.75) is 17.8 Å². The molecule has 5 nitrogen and oxygen atoms in total. The Bertz CT molecular complexity index is 1200. The molecule has 2 heterocycles. The predicted molar refractivity (Wildman–Crippen MR) is 113 cm³/mol. The van der Waals surface area contributed by atoms with Crippen molar-refractivity contribution in [2.75, 3.05) is 0 Å². The predicted octanol–water partition coefficient (Wildman–Crippen LogP) is 5.13. The number of aromatic amines is 1. The minimum atomic E-state index is -0.176. The second-order valence-corrected chi connectivity index (χ2v) is 8.28. The van der Waals surface area contributed by atoms with E-state index >= 15 is 0 Å². The van der Waals surface area contributed by atoms with Gasteiger partial charge in [-0.2, -0.15) is 5.10 Å². The summed E-state index contributed by atoms with van der Waals surface area (Å²) < 4.78 is 2.60. The SMILES string of the molecule is Cc1ccc(-n2c(SCc3cccc(Br)c3)nc3[nH]ncc3c2=O)cc1Cl. The van der Waals surface area contributed by atoms with Crippen LogP contribution in [0.3, 0.4) is 0 Å². The molecule has 0 radical (unpaired) electrons. The van der Waals surface area contributed by atoms with Crippen LogP contribution in [0, 0.1) is 6.92 Å². The molecule has 0 amide bonds. The molecule has 0 saturated carbocycles. The molecule has 4 rings (SSSR count). The van der Waals surface area contributed by atoms with Gasteiger partial charge in [0.2, 0.25) is 0 Å². The average Bonchev–Trinajstić information content (AvgIpc) is 3.12. The molecule has 8 heteroatoms. The second kappa shape index (κ2) is 7.50. The molecule has 0 aliphatic rings. The largest absolute Gasteiger partial charge is 0.269 e. The van der Waals surface area contributed by atoms with E-state index < -0.39 is 0 Å². The van der Waals surface area contributed by atoms with E-state index in [2.05, 4.69) is 31.1 Å². The summed E-state index contributed by atoms with van der Waals surface area (Å²) in [7, 11) is 0. The van der Waals surface area contributed by atoms with Crippen molar-refractivity contribution in [1.29, 1.82) is 0 Å². The van der Waals surface area contributed by atoms with Gasteiger partial charge in [0, 0.05) is 15.2 Å². The van der Waals surface area contributed by atoms with E-state index in [4.69, 9.17) is 11.6 Å². The number of hydrogen-bond acceptors (Lipinski definition) is 4. The Morgan fingerprint density at radius 2 is 2.11 bits per heavy atom. The third kappa shape index (κ3) is 3.67. The Balaban J connectivity index is 1.82. The van der Waals surface area contributed by atoms with E-state index in [0.29, 0.717) is 32.7 Å². The molecule has 0 fully saturated rings. The Labute approximate surface area is 172 Å². The van der Waals surface area contributed by atoms with Crippen LogP contribution in [0.2, 0.25) is 5.02 Å². The van der Waals surface area contributed by atoms with Gasteiger partial charge in [-0.05, 0) is 42.3 Å². The molecule has 0 aliphatic carbocycles. The van der Waals surface area contributed by atoms with Crippen LogP contribution in [0.25, 0.3) is 16.7 Å². The molecule has 0 aliphatic heterocycles. The first-order valence-corrected chi connectivity index (χ1v) is 10.3. The van der Waals surface area contributed by atoms with Crippen molar-refractivity contribution in [1.82, 2.24) is 19.7 Å². The number of hydrogen-bond donors (Lipinski definition) is 1. The zero-order valence-corrected chi connectivity index (χ0v) is 17.4. The molecule has 0 atom stereocenters. The van der Waals surface area contributed by atoms with E-state index in [0.717, 1.165) is 15.6 Å². The molecular formula is C19H14BrClN4OS. The van der Waals surface area contributed by atoms with Crippen molar-refractivity contribution in [2.24, 2.45) is 0 Å². The molecule has 0 unspecified atom stereocenters. The Kier molecular flexibility index (Phi) is 5.08. The lowest BCUT2D eigenvalue weighted by Crippen LogP contribution is -2.21. The minimum Gasteiger partial charge on any atom is -0.268 e. The topological polar surface area (TPSA) is 63.6 Å². The third-order valence-corrected chi connectivity index (χ3v) is 6.03. The van der Waals surface area contributed by atoms with Crippen LogP contribution in [-0.4, -0.2) is 19.7 Å². The summed E-state index contributed by atoms with van der Waals surface area (Å²) in [6, 6.07) is 13.6. The summed E-state index contributed by atoms with van der Waals surface area (Å²) >= 11 is 11.3. The fourth-order valence-corrected chi connectivity index (χ4v) is 4.26. The zero-order chi connectivity index (χ0) is 19.0. The van der Waals surface area contributed by atoms with Crippen LogP contribution in [-0.2, 0) is 5.75 Å². The molecule has 27 heavy (non-hydrogen) atoms. The van der Waals surface area contributed by atoms with Gasteiger partial charge in [0.1, 0.15) is 5.39 Å². The molecule has 0 bridgehead atoms. The number of halogens is 2. The molecule has 4 aromatic rings. The van der Waals surface area contributed by atoms with Gasteiger partial charge in [-0.25, -0.2) is 4.98 Å². The first-order chi connectivity index (χ1) is 13.0. The van der Waals surface area contributed by atoms with Gasteiger partial charge in [-0.1, -0.05) is 57.5 Å². The summed E-state index contributed by atoms with van der Waals surface area (Å²) in [5.74, 6) is 0.672. The van der Waals surface area contributed by atoms with Crippen molar-refractivity contribution in [3.8, 4) is 5.69 Å². The average molecular weight is 462 g/mol. The fraction of sp³-hybridized carbons (Fsp3) is 0.105. The number of thioether (sulfide) groups is 1. The molecule has 1 N–H and O–H groups in total. The smallest absolute Gasteiger partial charge is 0.268 e. The van der Waals surface area contributed by atoms with Gasteiger partial charge in [-0.15, -0.1) is 0 Å². The van der Waals surface area contributed by atoms with Crippen LogP contribution in [0.15, 0.2) is 63.1 Å². The van der Waals surface area contributed by atoms with E-state index in [-0.39, 0.29) is 5.56 Å². The molecule has 2 aromatic heterocycles. The maximum absolute atomic E-state index is 13.1. The van der Waals surface area contributed by atoms with E-state index in [9.17, 15) is 4.79 Å². The van der Waals surface area contributed by atoms with Gasteiger partial charge < -0.3 is 0 Å². The number of fused-ring (bicyclic) bond motifs is 1. The highest BCUT2D eigenvalue weighted by molar-refractivity contribution is 9.10. The zero-order valence-electron chi connectivity index (χ0n) is 14.2. The van der Waals surface area contributed by atoms with Crippen molar-refractivity contribution in [3.05, 3.63) is 79.6 Å². The van der Waals surface area contributed by atoms with E-state index in [1.807, 2.05) is 43.3 Å². The summed E-state index contributed by atoms with van der Waals surface area (Å²) in [5.41, 5.74) is 3.07. The van der Waals surface area contributed by atoms with Crippen LogP contribution in [0.4, 0.5) is 0 Å². The van der Waals surface area contributed by atoms with Gasteiger partial charge in [0.15, 0.2) is 10.8 Å². The Morgan fingerprint density at radius 1 is 1.26 bits per heavy atom. The summed E-state index contributed by atoms with van der Waals surface area (Å²) in [4.78, 5) is 17.7. The number of nitrogens with one attached hydrogen (secondary N) is 1. The molecule has 2 aromatic carbocycles. The Morgan fingerprint density at radius 3 is 2.89 bits per heavy atom. The van der Waals surface area contributed by atoms with Crippen molar-refractivity contribution >= 4 is 50.3 Å². The monoisotopic (exact) mass is 460 g/mol. The van der Waals surface area contributed by atoms with Crippen LogP contribution in [0.1, 0.15) is 11.1 Å². The first kappa shape index (κ1) is 18.3. The summed E-state index contributed by atoms with van der Waals surface area (Å²) in [5, 5.41) is 8.37. The summed E-state index contributed by atoms with van der Waals surface area (Å²) in [6.45, 7) is 1.93. The lowest BCUT2D eigenvalue weighted by Gasteiger charge is -2.13. The van der Waals surface area contributed by atoms with Crippen LogP contribution in [0.5, 0.6) is 0 Å².